The number of sulfone groups is 1. The van der Waals surface area contributed by atoms with Gasteiger partial charge in [-0.2, -0.15) is 5.26 Å². The minimum absolute atomic E-state index is 0.0246. The number of aliphatic hydroxyl groups is 1. The number of hydrogen-bond acceptors (Lipinski definition) is 5. The molecule has 0 aromatic rings. The van der Waals surface area contributed by atoms with Crippen LogP contribution < -0.4 is 0 Å². The van der Waals surface area contributed by atoms with Crippen LogP contribution in [0.2, 0.25) is 0 Å². The first-order valence-electron chi connectivity index (χ1n) is 6.82. The van der Waals surface area contributed by atoms with Gasteiger partial charge in [-0.1, -0.05) is 0 Å². The van der Waals surface area contributed by atoms with Gasteiger partial charge in [0, 0.05) is 19.1 Å². The third-order valence-corrected chi connectivity index (χ3v) is 6.53. The highest BCUT2D eigenvalue weighted by molar-refractivity contribution is 7.91. The van der Waals surface area contributed by atoms with Crippen molar-refractivity contribution in [2.45, 2.75) is 44.8 Å². The van der Waals surface area contributed by atoms with Gasteiger partial charge in [-0.25, -0.2) is 8.42 Å². The molecule has 2 saturated heterocycles. The highest BCUT2D eigenvalue weighted by Gasteiger charge is 2.57. The van der Waals surface area contributed by atoms with Gasteiger partial charge < -0.3 is 10.0 Å². The van der Waals surface area contributed by atoms with Crippen molar-refractivity contribution in [3.05, 3.63) is 0 Å². The smallest absolute Gasteiger partial charge is 0.152 e. The molecular weight excluding hydrogens is 264 g/mol. The second-order valence-electron chi connectivity index (χ2n) is 6.20. The molecule has 2 fully saturated rings. The maximum Gasteiger partial charge on any atom is 0.152 e. The van der Waals surface area contributed by atoms with E-state index in [4.69, 9.17) is 0 Å². The molecule has 19 heavy (non-hydrogen) atoms. The average molecular weight is 286 g/mol. The van der Waals surface area contributed by atoms with Gasteiger partial charge in [0.15, 0.2) is 9.84 Å². The number of nitriles is 1. The largest absolute Gasteiger partial charge is 0.388 e. The van der Waals surface area contributed by atoms with Gasteiger partial charge in [0.2, 0.25) is 0 Å². The van der Waals surface area contributed by atoms with E-state index in [1.165, 1.54) is 0 Å². The Hall–Kier alpha value is -0.640. The number of hydrogen-bond donors (Lipinski definition) is 1. The molecule has 2 rings (SSSR count). The SMILES string of the molecule is CC(C)N1CCC(O)(C2(C#N)CCS(=O)(=O)C2)CC1. The van der Waals surface area contributed by atoms with E-state index in [9.17, 15) is 18.8 Å². The van der Waals surface area contributed by atoms with Crippen molar-refractivity contribution < 1.29 is 13.5 Å². The van der Waals surface area contributed by atoms with Gasteiger partial charge >= 0.3 is 0 Å². The molecule has 0 aromatic heterocycles. The van der Waals surface area contributed by atoms with Crippen molar-refractivity contribution >= 4 is 9.84 Å². The summed E-state index contributed by atoms with van der Waals surface area (Å²) in [6.07, 6.45) is 1.23. The molecule has 2 heterocycles. The quantitative estimate of drug-likeness (QED) is 0.801. The zero-order valence-corrected chi connectivity index (χ0v) is 12.4. The lowest BCUT2D eigenvalue weighted by atomic mass is 9.67. The normalized spacial score (nSPS) is 34.3. The Morgan fingerprint density at radius 2 is 1.84 bits per heavy atom. The van der Waals surface area contributed by atoms with Gasteiger partial charge in [-0.05, 0) is 33.1 Å². The van der Waals surface area contributed by atoms with E-state index in [-0.39, 0.29) is 17.9 Å². The Morgan fingerprint density at radius 3 is 2.21 bits per heavy atom. The summed E-state index contributed by atoms with van der Waals surface area (Å²) in [6.45, 7) is 5.64. The molecule has 0 amide bonds. The summed E-state index contributed by atoms with van der Waals surface area (Å²) < 4.78 is 23.4. The van der Waals surface area contributed by atoms with E-state index in [0.717, 1.165) is 13.1 Å². The molecule has 0 radical (unpaired) electrons. The van der Waals surface area contributed by atoms with Crippen LogP contribution in [0.1, 0.15) is 33.1 Å². The minimum atomic E-state index is -3.18. The van der Waals surface area contributed by atoms with Gasteiger partial charge in [-0.15, -0.1) is 0 Å². The van der Waals surface area contributed by atoms with Crippen LogP contribution in [0, 0.1) is 16.7 Å². The minimum Gasteiger partial charge on any atom is -0.388 e. The van der Waals surface area contributed by atoms with Crippen molar-refractivity contribution in [3.8, 4) is 6.07 Å². The fraction of sp³-hybridized carbons (Fsp3) is 0.923. The van der Waals surface area contributed by atoms with E-state index >= 15 is 0 Å². The maximum absolute atomic E-state index is 11.7. The van der Waals surface area contributed by atoms with Crippen molar-refractivity contribution in [2.24, 2.45) is 5.41 Å². The number of piperidine rings is 1. The molecule has 2 aliphatic rings. The second kappa shape index (κ2) is 4.72. The molecule has 0 saturated carbocycles. The van der Waals surface area contributed by atoms with Crippen molar-refractivity contribution in [3.63, 3.8) is 0 Å². The van der Waals surface area contributed by atoms with E-state index in [1.807, 2.05) is 0 Å². The Morgan fingerprint density at radius 1 is 1.26 bits per heavy atom. The zero-order valence-electron chi connectivity index (χ0n) is 11.6. The third kappa shape index (κ3) is 2.51. The van der Waals surface area contributed by atoms with Crippen LogP contribution in [0.25, 0.3) is 0 Å². The van der Waals surface area contributed by atoms with Crippen molar-refractivity contribution in [1.82, 2.24) is 4.90 Å². The lowest BCUT2D eigenvalue weighted by molar-refractivity contribution is -0.0912. The van der Waals surface area contributed by atoms with Crippen LogP contribution in [-0.2, 0) is 9.84 Å². The molecule has 2 aliphatic heterocycles. The summed E-state index contributed by atoms with van der Waals surface area (Å²) in [5, 5.41) is 20.3. The standard InChI is InChI=1S/C13H22N2O3S/c1-11(2)15-6-3-13(16,4-7-15)12(9-14)5-8-19(17,18)10-12/h11,16H,3-8,10H2,1-2H3. The van der Waals surface area contributed by atoms with Gasteiger partial charge in [0.1, 0.15) is 5.41 Å². The van der Waals surface area contributed by atoms with Crippen LogP contribution in [0.4, 0.5) is 0 Å². The maximum atomic E-state index is 11.7. The monoisotopic (exact) mass is 286 g/mol. The number of likely N-dealkylation sites (tertiary alicyclic amines) is 1. The topological polar surface area (TPSA) is 81.4 Å². The molecule has 6 heteroatoms. The predicted octanol–water partition coefficient (Wildman–Crippen LogP) is 0.550. The molecule has 1 unspecified atom stereocenters. The molecule has 0 bridgehead atoms. The lowest BCUT2D eigenvalue weighted by Crippen LogP contribution is -2.56. The zero-order chi connectivity index (χ0) is 14.3. The molecule has 1 N–H and O–H groups in total. The summed E-state index contributed by atoms with van der Waals surface area (Å²) in [5.41, 5.74) is -2.26. The van der Waals surface area contributed by atoms with E-state index in [2.05, 4.69) is 24.8 Å². The molecule has 108 valence electrons. The summed E-state index contributed by atoms with van der Waals surface area (Å²) >= 11 is 0. The highest BCUT2D eigenvalue weighted by Crippen LogP contribution is 2.46. The summed E-state index contributed by atoms with van der Waals surface area (Å²) in [4.78, 5) is 2.25. The average Bonchev–Trinajstić information content (AvgIpc) is 2.67. The summed E-state index contributed by atoms with van der Waals surface area (Å²) in [5.74, 6) is -0.161. The molecule has 1 atom stereocenters. The molecule has 0 spiro atoms. The van der Waals surface area contributed by atoms with Gasteiger partial charge in [0.05, 0.1) is 23.2 Å². The van der Waals surface area contributed by atoms with Crippen LogP contribution in [-0.4, -0.2) is 54.7 Å². The summed E-state index contributed by atoms with van der Waals surface area (Å²) in [6, 6.07) is 2.55. The second-order valence-corrected chi connectivity index (χ2v) is 8.38. The van der Waals surface area contributed by atoms with Crippen molar-refractivity contribution in [1.29, 1.82) is 5.26 Å². The highest BCUT2D eigenvalue weighted by atomic mass is 32.2. The first-order valence-corrected chi connectivity index (χ1v) is 8.64. The molecule has 0 aromatic carbocycles. The Kier molecular flexibility index (Phi) is 3.67. The molecular formula is C13H22N2O3S. The first-order chi connectivity index (χ1) is 8.74. The van der Waals surface area contributed by atoms with E-state index in [1.54, 1.807) is 0 Å². The van der Waals surface area contributed by atoms with Crippen LogP contribution in [0.5, 0.6) is 0 Å². The van der Waals surface area contributed by atoms with Gasteiger partial charge in [-0.3, -0.25) is 0 Å². The molecule has 5 nitrogen and oxygen atoms in total. The third-order valence-electron chi connectivity index (χ3n) is 4.77. The van der Waals surface area contributed by atoms with Crippen LogP contribution in [0.15, 0.2) is 0 Å². The fourth-order valence-electron chi connectivity index (χ4n) is 3.30. The lowest BCUT2D eigenvalue weighted by Gasteiger charge is -2.46. The number of nitrogens with zero attached hydrogens (tertiary/aromatic N) is 2. The van der Waals surface area contributed by atoms with E-state index < -0.39 is 20.9 Å². The Balaban J connectivity index is 2.19. The van der Waals surface area contributed by atoms with Gasteiger partial charge in [0.25, 0.3) is 0 Å². The Labute approximate surface area is 115 Å². The van der Waals surface area contributed by atoms with E-state index in [0.29, 0.717) is 18.9 Å². The fourth-order valence-corrected chi connectivity index (χ4v) is 5.33. The van der Waals surface area contributed by atoms with Crippen LogP contribution in [0.3, 0.4) is 0 Å². The summed E-state index contributed by atoms with van der Waals surface area (Å²) in [7, 11) is -3.18. The van der Waals surface area contributed by atoms with Crippen molar-refractivity contribution in [2.75, 3.05) is 24.6 Å². The predicted molar refractivity (Wildman–Crippen MR) is 72.2 cm³/mol. The number of rotatable bonds is 2. The Bertz CT molecular complexity index is 487. The first kappa shape index (κ1) is 14.8. The van der Waals surface area contributed by atoms with Crippen LogP contribution >= 0.6 is 0 Å². The molecule has 0 aliphatic carbocycles.